The highest BCUT2D eigenvalue weighted by Crippen LogP contribution is 2.35. The number of carboxylic acids is 1. The number of carbonyl (C=O) groups is 3. The van der Waals surface area contributed by atoms with Gasteiger partial charge in [-0.25, -0.2) is 9.18 Å². The highest BCUT2D eigenvalue weighted by molar-refractivity contribution is 5.77. The van der Waals surface area contributed by atoms with E-state index in [1.54, 1.807) is 6.92 Å². The second-order valence-electron chi connectivity index (χ2n) is 6.23. The summed E-state index contributed by atoms with van der Waals surface area (Å²) in [5.74, 6) is -7.64. The molecule has 1 aliphatic rings. The maximum atomic E-state index is 14.5. The first-order chi connectivity index (χ1) is 12.5. The number of hydrogen-bond donors (Lipinski definition) is 5. The van der Waals surface area contributed by atoms with Gasteiger partial charge in [-0.15, -0.1) is 0 Å². The predicted octanol–water partition coefficient (Wildman–Crippen LogP) is -1.63. The molecule has 2 unspecified atom stereocenters. The van der Waals surface area contributed by atoms with E-state index in [0.717, 1.165) is 6.92 Å². The summed E-state index contributed by atoms with van der Waals surface area (Å²) in [6, 6.07) is -3.46. The van der Waals surface area contributed by atoms with Crippen LogP contribution in [-0.2, 0) is 23.9 Å². The summed E-state index contributed by atoms with van der Waals surface area (Å²) >= 11 is 0. The number of nitrogens with two attached hydrogens (primary N) is 1. The summed E-state index contributed by atoms with van der Waals surface area (Å²) in [7, 11) is 0. The number of nitrogens with one attached hydrogen (secondary N) is 1. The van der Waals surface area contributed by atoms with Crippen LogP contribution >= 0.6 is 0 Å². The zero-order chi connectivity index (χ0) is 20.9. The number of amides is 1. The van der Waals surface area contributed by atoms with Gasteiger partial charge in [0.15, 0.2) is 6.17 Å². The molecule has 1 rings (SSSR count). The van der Waals surface area contributed by atoms with Crippen LogP contribution in [0.5, 0.6) is 0 Å². The topological polar surface area (TPSA) is 168 Å². The average molecular weight is 398 g/mol. The number of esters is 1. The van der Waals surface area contributed by atoms with Crippen LogP contribution in [0.2, 0.25) is 0 Å². The number of carbonyl (C=O) groups excluding carboxylic acids is 2. The highest BCUT2D eigenvalue weighted by atomic mass is 19.2. The standard InChI is InChI=1S/C15H24F2N2O8/c1-3-4-8(22)26-5-7(21)11(23)12-10(19-6(2)20)9(18)13(16)15(17,27-12)14(24)25/h7,9-13,21,23H,3-5,18H2,1-2H3,(H,19,20)(H,24,25)/t7-,9+,10-,11-,12?,13?,15-/m1/s1. The summed E-state index contributed by atoms with van der Waals surface area (Å²) in [5.41, 5.74) is 5.52. The van der Waals surface area contributed by atoms with Crippen molar-refractivity contribution in [2.75, 3.05) is 6.61 Å². The fourth-order valence-electron chi connectivity index (χ4n) is 2.62. The van der Waals surface area contributed by atoms with Crippen molar-refractivity contribution >= 4 is 17.8 Å². The molecule has 0 radical (unpaired) electrons. The van der Waals surface area contributed by atoms with Gasteiger partial charge in [0.1, 0.15) is 24.9 Å². The van der Waals surface area contributed by atoms with Gasteiger partial charge in [-0.3, -0.25) is 9.59 Å². The Morgan fingerprint density at radius 1 is 1.37 bits per heavy atom. The number of alkyl halides is 2. The molecule has 0 spiro atoms. The first kappa shape index (κ1) is 23.1. The fraction of sp³-hybridized carbons (Fsp3) is 0.800. The van der Waals surface area contributed by atoms with Crippen LogP contribution in [0, 0.1) is 0 Å². The summed E-state index contributed by atoms with van der Waals surface area (Å²) in [5, 5.41) is 31.3. The molecule has 6 N–H and O–H groups in total. The first-order valence-corrected chi connectivity index (χ1v) is 8.24. The monoisotopic (exact) mass is 398 g/mol. The smallest absolute Gasteiger partial charge is 0.372 e. The van der Waals surface area contributed by atoms with Gasteiger partial charge >= 0.3 is 17.8 Å². The quantitative estimate of drug-likeness (QED) is 0.301. The van der Waals surface area contributed by atoms with Crippen LogP contribution in [0.3, 0.4) is 0 Å². The largest absolute Gasteiger partial charge is 0.477 e. The lowest BCUT2D eigenvalue weighted by Crippen LogP contribution is -2.73. The molecule has 0 aromatic heterocycles. The number of ether oxygens (including phenoxy) is 2. The second-order valence-corrected chi connectivity index (χ2v) is 6.23. The molecule has 0 aliphatic carbocycles. The number of halogens is 2. The summed E-state index contributed by atoms with van der Waals surface area (Å²) in [4.78, 5) is 33.7. The lowest BCUT2D eigenvalue weighted by Gasteiger charge is -2.45. The normalized spacial score (nSPS) is 33.0. The van der Waals surface area contributed by atoms with E-state index in [0.29, 0.717) is 6.42 Å². The molecular formula is C15H24F2N2O8. The molecule has 0 aromatic rings. The summed E-state index contributed by atoms with van der Waals surface area (Å²) in [6.07, 6.45) is -8.16. The van der Waals surface area contributed by atoms with Gasteiger partial charge in [0.25, 0.3) is 0 Å². The van der Waals surface area contributed by atoms with Crippen molar-refractivity contribution in [2.24, 2.45) is 5.73 Å². The van der Waals surface area contributed by atoms with E-state index in [-0.39, 0.29) is 6.42 Å². The van der Waals surface area contributed by atoms with E-state index < -0.39 is 66.9 Å². The van der Waals surface area contributed by atoms with Crippen molar-refractivity contribution in [2.45, 2.75) is 69.1 Å². The Morgan fingerprint density at radius 3 is 2.44 bits per heavy atom. The maximum Gasteiger partial charge on any atom is 0.372 e. The van der Waals surface area contributed by atoms with Crippen LogP contribution in [0.15, 0.2) is 0 Å². The number of aliphatic carboxylic acids is 1. The Balaban J connectivity index is 3.03. The number of aliphatic hydroxyl groups is 2. The Labute approximate surface area is 153 Å². The zero-order valence-electron chi connectivity index (χ0n) is 14.8. The minimum Gasteiger partial charge on any atom is -0.477 e. The lowest BCUT2D eigenvalue weighted by atomic mass is 9.86. The van der Waals surface area contributed by atoms with E-state index in [1.807, 2.05) is 0 Å². The van der Waals surface area contributed by atoms with Crippen molar-refractivity contribution in [1.82, 2.24) is 5.32 Å². The van der Waals surface area contributed by atoms with E-state index in [4.69, 9.17) is 15.6 Å². The van der Waals surface area contributed by atoms with Gasteiger partial charge in [0.05, 0.1) is 12.1 Å². The minimum atomic E-state index is -3.90. The van der Waals surface area contributed by atoms with Crippen molar-refractivity contribution in [3.05, 3.63) is 0 Å². The molecule has 0 aromatic carbocycles. The molecule has 1 amide bonds. The van der Waals surface area contributed by atoms with Gasteiger partial charge in [0, 0.05) is 13.3 Å². The van der Waals surface area contributed by atoms with Crippen molar-refractivity contribution in [3.63, 3.8) is 0 Å². The van der Waals surface area contributed by atoms with E-state index >= 15 is 0 Å². The highest BCUT2D eigenvalue weighted by Gasteiger charge is 2.62. The van der Waals surface area contributed by atoms with Gasteiger partial charge in [-0.05, 0) is 6.42 Å². The molecular weight excluding hydrogens is 374 g/mol. The Kier molecular flexibility index (Phi) is 8.02. The molecule has 12 heteroatoms. The second kappa shape index (κ2) is 9.35. The Hall–Kier alpha value is -1.89. The molecule has 156 valence electrons. The molecule has 0 bridgehead atoms. The lowest BCUT2D eigenvalue weighted by molar-refractivity contribution is -0.276. The van der Waals surface area contributed by atoms with Gasteiger partial charge in [-0.1, -0.05) is 6.92 Å². The number of aliphatic hydroxyl groups excluding tert-OH is 2. The minimum absolute atomic E-state index is 0.0538. The number of carboxylic acid groups (broad SMARTS) is 1. The van der Waals surface area contributed by atoms with E-state index in [1.165, 1.54) is 0 Å². The third-order valence-electron chi connectivity index (χ3n) is 4.03. The Morgan fingerprint density at radius 2 is 1.96 bits per heavy atom. The fourth-order valence-corrected chi connectivity index (χ4v) is 2.62. The third-order valence-corrected chi connectivity index (χ3v) is 4.03. The molecule has 10 nitrogen and oxygen atoms in total. The van der Waals surface area contributed by atoms with Crippen molar-refractivity contribution in [1.29, 1.82) is 0 Å². The molecule has 1 fully saturated rings. The number of rotatable bonds is 8. The van der Waals surface area contributed by atoms with Crippen LogP contribution in [0.1, 0.15) is 26.7 Å². The Bertz CT molecular complexity index is 566. The van der Waals surface area contributed by atoms with Crippen LogP contribution in [0.25, 0.3) is 0 Å². The van der Waals surface area contributed by atoms with Crippen molar-refractivity contribution < 1.29 is 48.0 Å². The van der Waals surface area contributed by atoms with Crippen molar-refractivity contribution in [3.8, 4) is 0 Å². The van der Waals surface area contributed by atoms with Crippen LogP contribution in [0.4, 0.5) is 8.78 Å². The third kappa shape index (κ3) is 5.31. The predicted molar refractivity (Wildman–Crippen MR) is 84.7 cm³/mol. The number of hydrogen-bond acceptors (Lipinski definition) is 8. The SMILES string of the molecule is CCCC(=O)OC[C@@H](O)[C@@H](O)C1O[C@@](F)(C(=O)O)C(F)[C@@H](N)[C@H]1NC(C)=O. The average Bonchev–Trinajstić information content (AvgIpc) is 2.59. The maximum absolute atomic E-state index is 14.5. The molecule has 7 atom stereocenters. The van der Waals surface area contributed by atoms with E-state index in [9.17, 15) is 33.4 Å². The van der Waals surface area contributed by atoms with Crippen LogP contribution in [-0.4, -0.2) is 82.2 Å². The summed E-state index contributed by atoms with van der Waals surface area (Å²) < 4.78 is 37.9. The van der Waals surface area contributed by atoms with Gasteiger partial charge in [-0.2, -0.15) is 4.39 Å². The first-order valence-electron chi connectivity index (χ1n) is 8.24. The molecule has 1 aliphatic heterocycles. The molecule has 0 saturated carbocycles. The molecule has 1 saturated heterocycles. The summed E-state index contributed by atoms with van der Waals surface area (Å²) in [6.45, 7) is 2.02. The molecule has 1 heterocycles. The van der Waals surface area contributed by atoms with Gasteiger partial charge in [0.2, 0.25) is 5.91 Å². The van der Waals surface area contributed by atoms with Crippen LogP contribution < -0.4 is 11.1 Å². The zero-order valence-corrected chi connectivity index (χ0v) is 14.8. The molecule has 27 heavy (non-hydrogen) atoms. The van der Waals surface area contributed by atoms with E-state index in [2.05, 4.69) is 10.1 Å². The van der Waals surface area contributed by atoms with Gasteiger partial charge < -0.3 is 35.8 Å².